The molecule has 5 nitrogen and oxygen atoms in total. The standard InChI is InChI=1S/C23H20BrClN4OS/c1-15-20-14-21(31-23(20)29(26-15)18-7-5-16(24)6-8-18)22(30)28-11-9-27(10-12-28)19-4-2-3-17(25)13-19/h2-8,13-14H,9-12H2,1H3. The van der Waals surface area contributed by atoms with Crippen LogP contribution in [0.25, 0.3) is 15.9 Å². The quantitative estimate of drug-likeness (QED) is 0.348. The van der Waals surface area contributed by atoms with Gasteiger partial charge in [0.2, 0.25) is 0 Å². The first-order valence-corrected chi connectivity index (χ1v) is 12.0. The Balaban J connectivity index is 1.36. The van der Waals surface area contributed by atoms with E-state index in [2.05, 4.69) is 32.0 Å². The smallest absolute Gasteiger partial charge is 0.264 e. The van der Waals surface area contributed by atoms with E-state index in [-0.39, 0.29) is 5.91 Å². The molecule has 2 aromatic heterocycles. The van der Waals surface area contributed by atoms with E-state index in [1.165, 1.54) is 11.3 Å². The van der Waals surface area contributed by atoms with Crippen LogP contribution in [0.2, 0.25) is 5.02 Å². The van der Waals surface area contributed by atoms with Crippen molar-refractivity contribution < 1.29 is 4.79 Å². The minimum absolute atomic E-state index is 0.0914. The molecular weight excluding hydrogens is 496 g/mol. The summed E-state index contributed by atoms with van der Waals surface area (Å²) in [7, 11) is 0. The molecule has 0 bridgehead atoms. The first kappa shape index (κ1) is 20.5. The molecule has 8 heteroatoms. The number of aromatic nitrogens is 2. The zero-order valence-corrected chi connectivity index (χ0v) is 20.0. The summed E-state index contributed by atoms with van der Waals surface area (Å²) in [6.45, 7) is 4.96. The molecule has 158 valence electrons. The van der Waals surface area contributed by atoms with E-state index in [9.17, 15) is 4.79 Å². The number of rotatable bonds is 3. The Labute approximate surface area is 198 Å². The largest absolute Gasteiger partial charge is 0.368 e. The van der Waals surface area contributed by atoms with E-state index >= 15 is 0 Å². The third-order valence-electron chi connectivity index (χ3n) is 5.57. The highest BCUT2D eigenvalue weighted by Gasteiger charge is 2.25. The molecule has 0 aliphatic carbocycles. The fraction of sp³-hybridized carbons (Fsp3) is 0.217. The van der Waals surface area contributed by atoms with Crippen molar-refractivity contribution in [3.05, 3.63) is 74.7 Å². The Bertz CT molecular complexity index is 1260. The number of fused-ring (bicyclic) bond motifs is 1. The number of benzene rings is 2. The van der Waals surface area contributed by atoms with Gasteiger partial charge in [-0.3, -0.25) is 4.79 Å². The van der Waals surface area contributed by atoms with Gasteiger partial charge < -0.3 is 9.80 Å². The number of aryl methyl sites for hydroxylation is 1. The van der Waals surface area contributed by atoms with Gasteiger partial charge in [0.1, 0.15) is 4.83 Å². The second-order valence-electron chi connectivity index (χ2n) is 7.56. The maximum atomic E-state index is 13.2. The lowest BCUT2D eigenvalue weighted by molar-refractivity contribution is 0.0751. The second-order valence-corrected chi connectivity index (χ2v) is 9.94. The molecule has 1 saturated heterocycles. The predicted octanol–water partition coefficient (Wildman–Crippen LogP) is 5.77. The monoisotopic (exact) mass is 514 g/mol. The van der Waals surface area contributed by atoms with E-state index < -0.39 is 0 Å². The van der Waals surface area contributed by atoms with E-state index in [1.54, 1.807) is 0 Å². The van der Waals surface area contributed by atoms with Crippen molar-refractivity contribution in [3.8, 4) is 5.69 Å². The number of carbonyl (C=O) groups excluding carboxylic acids is 1. The van der Waals surface area contributed by atoms with Crippen LogP contribution in [0, 0.1) is 6.92 Å². The molecule has 4 aromatic rings. The van der Waals surface area contributed by atoms with Crippen LogP contribution in [0.5, 0.6) is 0 Å². The summed E-state index contributed by atoms with van der Waals surface area (Å²) in [6.07, 6.45) is 0. The first-order chi connectivity index (χ1) is 15.0. The van der Waals surface area contributed by atoms with Gasteiger partial charge in [-0.2, -0.15) is 5.10 Å². The van der Waals surface area contributed by atoms with Crippen LogP contribution in [-0.2, 0) is 0 Å². The third kappa shape index (κ3) is 3.97. The summed E-state index contributed by atoms with van der Waals surface area (Å²) in [4.78, 5) is 19.2. The van der Waals surface area contributed by atoms with Crippen molar-refractivity contribution in [2.24, 2.45) is 0 Å². The van der Waals surface area contributed by atoms with E-state index in [1.807, 2.05) is 65.0 Å². The van der Waals surface area contributed by atoms with Crippen molar-refractivity contribution in [2.75, 3.05) is 31.1 Å². The van der Waals surface area contributed by atoms with E-state index in [4.69, 9.17) is 11.6 Å². The topological polar surface area (TPSA) is 41.4 Å². The van der Waals surface area contributed by atoms with Crippen LogP contribution in [-0.4, -0.2) is 46.8 Å². The first-order valence-electron chi connectivity index (χ1n) is 10.0. The minimum Gasteiger partial charge on any atom is -0.368 e. The van der Waals surface area contributed by atoms with Crippen molar-refractivity contribution in [2.45, 2.75) is 6.92 Å². The molecule has 0 spiro atoms. The minimum atomic E-state index is 0.0914. The zero-order chi connectivity index (χ0) is 21.5. The van der Waals surface area contributed by atoms with Gasteiger partial charge in [-0.05, 0) is 55.5 Å². The maximum absolute atomic E-state index is 13.2. The van der Waals surface area contributed by atoms with Crippen molar-refractivity contribution in [1.29, 1.82) is 0 Å². The molecule has 0 radical (unpaired) electrons. The summed E-state index contributed by atoms with van der Waals surface area (Å²) in [6, 6.07) is 17.9. The lowest BCUT2D eigenvalue weighted by Crippen LogP contribution is -2.48. The van der Waals surface area contributed by atoms with Crippen LogP contribution in [0.4, 0.5) is 5.69 Å². The third-order valence-corrected chi connectivity index (χ3v) is 7.43. The molecule has 0 saturated carbocycles. The molecule has 1 aliphatic heterocycles. The second kappa shape index (κ2) is 8.30. The summed E-state index contributed by atoms with van der Waals surface area (Å²) < 4.78 is 2.95. The van der Waals surface area contributed by atoms with Crippen LogP contribution < -0.4 is 4.90 Å². The Morgan fingerprint density at radius 1 is 1.03 bits per heavy atom. The van der Waals surface area contributed by atoms with Crippen LogP contribution in [0.1, 0.15) is 15.4 Å². The predicted molar refractivity (Wildman–Crippen MR) is 131 cm³/mol. The molecule has 0 unspecified atom stereocenters. The number of carbonyl (C=O) groups is 1. The molecule has 31 heavy (non-hydrogen) atoms. The fourth-order valence-corrected chi connectivity index (χ4v) is 5.51. The summed E-state index contributed by atoms with van der Waals surface area (Å²) >= 11 is 11.1. The Morgan fingerprint density at radius 2 is 1.77 bits per heavy atom. The lowest BCUT2D eigenvalue weighted by atomic mass is 10.2. The number of thiophene rings is 1. The average molecular weight is 516 g/mol. The summed E-state index contributed by atoms with van der Waals surface area (Å²) in [5.74, 6) is 0.0914. The van der Waals surface area contributed by atoms with Crippen molar-refractivity contribution in [1.82, 2.24) is 14.7 Å². The van der Waals surface area contributed by atoms with Crippen LogP contribution in [0.15, 0.2) is 59.1 Å². The average Bonchev–Trinajstić information content (AvgIpc) is 3.35. The Kier molecular flexibility index (Phi) is 5.50. The molecule has 1 amide bonds. The molecule has 1 aliphatic rings. The Hall–Kier alpha value is -2.35. The SMILES string of the molecule is Cc1nn(-c2ccc(Br)cc2)c2sc(C(=O)N3CCN(c4cccc(Cl)c4)CC3)cc12. The van der Waals surface area contributed by atoms with Gasteiger partial charge >= 0.3 is 0 Å². The molecule has 0 atom stereocenters. The number of nitrogens with zero attached hydrogens (tertiary/aromatic N) is 4. The van der Waals surface area contributed by atoms with Crippen LogP contribution >= 0.6 is 38.9 Å². The zero-order valence-electron chi connectivity index (χ0n) is 16.9. The molecule has 0 N–H and O–H groups in total. The molecule has 5 rings (SSSR count). The maximum Gasteiger partial charge on any atom is 0.264 e. The lowest BCUT2D eigenvalue weighted by Gasteiger charge is -2.36. The highest BCUT2D eigenvalue weighted by Crippen LogP contribution is 2.32. The van der Waals surface area contributed by atoms with Gasteiger partial charge in [-0.15, -0.1) is 11.3 Å². The number of piperazine rings is 1. The number of amides is 1. The molecule has 1 fully saturated rings. The number of halogens is 2. The number of anilines is 1. The van der Waals surface area contributed by atoms with Gasteiger partial charge in [0.15, 0.2) is 0 Å². The number of hydrogen-bond donors (Lipinski definition) is 0. The molecule has 3 heterocycles. The summed E-state index contributed by atoms with van der Waals surface area (Å²) in [5, 5.41) is 6.45. The van der Waals surface area contributed by atoms with Crippen molar-refractivity contribution in [3.63, 3.8) is 0 Å². The van der Waals surface area contributed by atoms with Gasteiger partial charge in [0.25, 0.3) is 5.91 Å². The highest BCUT2D eigenvalue weighted by atomic mass is 79.9. The number of hydrogen-bond acceptors (Lipinski definition) is 4. The van der Waals surface area contributed by atoms with Gasteiger partial charge in [0, 0.05) is 46.7 Å². The van der Waals surface area contributed by atoms with Crippen molar-refractivity contribution >= 4 is 60.7 Å². The van der Waals surface area contributed by atoms with E-state index in [0.717, 1.165) is 54.7 Å². The van der Waals surface area contributed by atoms with E-state index in [0.29, 0.717) is 13.1 Å². The normalized spacial score (nSPS) is 14.4. The fourth-order valence-electron chi connectivity index (χ4n) is 3.91. The van der Waals surface area contributed by atoms with Crippen LogP contribution in [0.3, 0.4) is 0 Å². The van der Waals surface area contributed by atoms with Gasteiger partial charge in [-0.25, -0.2) is 4.68 Å². The van der Waals surface area contributed by atoms with Gasteiger partial charge in [0.05, 0.1) is 16.3 Å². The molecular formula is C23H20BrClN4OS. The Morgan fingerprint density at radius 3 is 2.48 bits per heavy atom. The summed E-state index contributed by atoms with van der Waals surface area (Å²) in [5.41, 5.74) is 3.02. The molecule has 2 aromatic carbocycles. The van der Waals surface area contributed by atoms with Gasteiger partial charge in [-0.1, -0.05) is 33.6 Å². The highest BCUT2D eigenvalue weighted by molar-refractivity contribution is 9.10.